The van der Waals surface area contributed by atoms with E-state index in [1.807, 2.05) is 0 Å². The van der Waals surface area contributed by atoms with Crippen molar-refractivity contribution in [2.24, 2.45) is 0 Å². The topological polar surface area (TPSA) is 91.3 Å². The molecule has 7 nitrogen and oxygen atoms in total. The molecule has 0 unspecified atom stereocenters. The summed E-state index contributed by atoms with van der Waals surface area (Å²) in [6, 6.07) is 10.7. The van der Waals surface area contributed by atoms with Gasteiger partial charge in [0.1, 0.15) is 11.5 Å². The smallest absolute Gasteiger partial charge is 0.292 e. The molecule has 0 bridgehead atoms. The number of para-hydroxylation sites is 2. The minimum Gasteiger partial charge on any atom is -0.331 e. The number of anilines is 2. The van der Waals surface area contributed by atoms with Crippen LogP contribution in [-0.4, -0.2) is 15.1 Å². The van der Waals surface area contributed by atoms with Crippen LogP contribution in [0.3, 0.4) is 0 Å². The van der Waals surface area contributed by atoms with Gasteiger partial charge in [-0.2, -0.15) is 0 Å². The lowest BCUT2D eigenvalue weighted by Crippen LogP contribution is -2.45. The van der Waals surface area contributed by atoms with E-state index in [0.717, 1.165) is 0 Å². The van der Waals surface area contributed by atoms with E-state index in [0.29, 0.717) is 11.3 Å². The van der Waals surface area contributed by atoms with Gasteiger partial charge in [-0.3, -0.25) is 21.0 Å². The van der Waals surface area contributed by atoms with Crippen LogP contribution in [-0.2, 0) is 0 Å². The van der Waals surface area contributed by atoms with Crippen LogP contribution >= 0.6 is 24.4 Å². The Morgan fingerprint density at radius 1 is 1.08 bits per heavy atom. The number of nitro groups is 1. The van der Waals surface area contributed by atoms with Crippen LogP contribution < -0.4 is 21.5 Å². The van der Waals surface area contributed by atoms with Gasteiger partial charge in [-0.1, -0.05) is 18.2 Å². The highest BCUT2D eigenvalue weighted by Crippen LogP contribution is 2.22. The van der Waals surface area contributed by atoms with E-state index in [2.05, 4.69) is 21.5 Å². The Balaban J connectivity index is 1.88. The lowest BCUT2D eigenvalue weighted by atomic mass is 10.2. The van der Waals surface area contributed by atoms with Gasteiger partial charge in [-0.05, 0) is 55.1 Å². The Labute approximate surface area is 153 Å². The molecule has 0 fully saturated rings. The molecule has 0 saturated carbocycles. The number of nitrogens with one attached hydrogen (secondary N) is 4. The summed E-state index contributed by atoms with van der Waals surface area (Å²) >= 11 is 10.1. The fourth-order valence-corrected chi connectivity index (χ4v) is 2.17. The summed E-state index contributed by atoms with van der Waals surface area (Å²) in [4.78, 5) is 10.4. The van der Waals surface area contributed by atoms with Gasteiger partial charge in [-0.25, -0.2) is 4.39 Å². The third kappa shape index (κ3) is 5.33. The van der Waals surface area contributed by atoms with Crippen molar-refractivity contribution in [3.8, 4) is 0 Å². The zero-order valence-electron chi connectivity index (χ0n) is 13.0. The number of hydrogen-bond donors (Lipinski definition) is 4. The van der Waals surface area contributed by atoms with Gasteiger partial charge in [-0.15, -0.1) is 0 Å². The molecule has 0 aliphatic rings. The lowest BCUT2D eigenvalue weighted by molar-refractivity contribution is -0.383. The highest BCUT2D eigenvalue weighted by atomic mass is 32.1. The van der Waals surface area contributed by atoms with Crippen LogP contribution in [0.1, 0.15) is 5.56 Å². The van der Waals surface area contributed by atoms with Crippen molar-refractivity contribution in [2.45, 2.75) is 6.92 Å². The molecule has 0 radical (unpaired) electrons. The lowest BCUT2D eigenvalue weighted by Gasteiger charge is -2.14. The third-order valence-electron chi connectivity index (χ3n) is 3.07. The molecule has 0 spiro atoms. The summed E-state index contributed by atoms with van der Waals surface area (Å²) in [5.74, 6) is -0.352. The highest BCUT2D eigenvalue weighted by Gasteiger charge is 2.13. The minimum atomic E-state index is -0.517. The zero-order valence-corrected chi connectivity index (χ0v) is 14.6. The Kier molecular flexibility index (Phi) is 6.14. The maximum atomic E-state index is 13.5. The van der Waals surface area contributed by atoms with E-state index < -0.39 is 4.92 Å². The van der Waals surface area contributed by atoms with Gasteiger partial charge in [0, 0.05) is 11.8 Å². The second kappa shape index (κ2) is 8.31. The number of hydrogen-bond acceptors (Lipinski definition) is 4. The predicted molar refractivity (Wildman–Crippen MR) is 103 cm³/mol. The molecule has 0 saturated heterocycles. The first-order valence-corrected chi connectivity index (χ1v) is 7.82. The first-order valence-electron chi connectivity index (χ1n) is 7.00. The molecule has 2 aromatic rings. The molecule has 0 heterocycles. The number of aryl methyl sites for hydroxylation is 1. The number of hydrazine groups is 1. The van der Waals surface area contributed by atoms with E-state index in [9.17, 15) is 14.5 Å². The molecule has 4 N–H and O–H groups in total. The molecular formula is C15H14FN5O2S2. The van der Waals surface area contributed by atoms with Crippen molar-refractivity contribution in [3.63, 3.8) is 0 Å². The molecule has 10 heteroatoms. The van der Waals surface area contributed by atoms with E-state index >= 15 is 0 Å². The van der Waals surface area contributed by atoms with Crippen molar-refractivity contribution in [3.05, 3.63) is 64.0 Å². The number of nitro benzene ring substituents is 1. The average Bonchev–Trinajstić information content (AvgIpc) is 2.57. The number of halogens is 1. The summed E-state index contributed by atoms with van der Waals surface area (Å²) in [7, 11) is 0. The van der Waals surface area contributed by atoms with Crippen molar-refractivity contribution in [2.75, 3.05) is 10.6 Å². The van der Waals surface area contributed by atoms with Gasteiger partial charge < -0.3 is 10.6 Å². The van der Waals surface area contributed by atoms with Gasteiger partial charge in [0.15, 0.2) is 10.2 Å². The zero-order chi connectivity index (χ0) is 18.4. The van der Waals surface area contributed by atoms with E-state index in [1.165, 1.54) is 18.2 Å². The van der Waals surface area contributed by atoms with Crippen LogP contribution in [0.2, 0.25) is 0 Å². The van der Waals surface area contributed by atoms with E-state index in [1.54, 1.807) is 31.2 Å². The minimum absolute atomic E-state index is 0.0773. The van der Waals surface area contributed by atoms with Gasteiger partial charge in [0.25, 0.3) is 5.69 Å². The fraction of sp³-hybridized carbons (Fsp3) is 0.0667. The van der Waals surface area contributed by atoms with Crippen LogP contribution in [0.15, 0.2) is 42.5 Å². The maximum absolute atomic E-state index is 13.5. The quantitative estimate of drug-likeness (QED) is 0.367. The summed E-state index contributed by atoms with van der Waals surface area (Å²) < 4.78 is 13.5. The Hall–Kier alpha value is -2.85. The molecule has 0 aliphatic carbocycles. The molecule has 2 aromatic carbocycles. The van der Waals surface area contributed by atoms with Crippen LogP contribution in [0.5, 0.6) is 0 Å². The molecule has 0 amide bonds. The van der Waals surface area contributed by atoms with Crippen molar-refractivity contribution >= 4 is 51.7 Å². The van der Waals surface area contributed by atoms with Gasteiger partial charge >= 0.3 is 0 Å². The summed E-state index contributed by atoms with van der Waals surface area (Å²) in [6.45, 7) is 1.66. The maximum Gasteiger partial charge on any atom is 0.292 e. The summed E-state index contributed by atoms with van der Waals surface area (Å²) in [5.41, 5.74) is 6.33. The first kappa shape index (κ1) is 18.5. The van der Waals surface area contributed by atoms with E-state index in [4.69, 9.17) is 24.4 Å². The second-order valence-electron chi connectivity index (χ2n) is 4.90. The predicted octanol–water partition coefficient (Wildman–Crippen LogP) is 3.23. The Morgan fingerprint density at radius 3 is 2.36 bits per heavy atom. The highest BCUT2D eigenvalue weighted by molar-refractivity contribution is 7.81. The van der Waals surface area contributed by atoms with Crippen molar-refractivity contribution < 1.29 is 9.31 Å². The number of benzene rings is 2. The van der Waals surface area contributed by atoms with Crippen molar-refractivity contribution in [1.82, 2.24) is 10.9 Å². The van der Waals surface area contributed by atoms with Crippen LogP contribution in [0.4, 0.5) is 21.5 Å². The van der Waals surface area contributed by atoms with Crippen molar-refractivity contribution in [1.29, 1.82) is 0 Å². The van der Waals surface area contributed by atoms with E-state index in [-0.39, 0.29) is 27.4 Å². The van der Waals surface area contributed by atoms with Gasteiger partial charge in [0.05, 0.1) is 4.92 Å². The first-order chi connectivity index (χ1) is 11.9. The third-order valence-corrected chi connectivity index (χ3v) is 3.48. The SMILES string of the molecule is Cc1ccc(NC(=S)NNC(=S)Nc2ccccc2[N+](=O)[O-])cc1F. The normalized spacial score (nSPS) is 9.84. The monoisotopic (exact) mass is 379 g/mol. The van der Waals surface area contributed by atoms with Crippen LogP contribution in [0, 0.1) is 22.9 Å². The number of nitrogens with zero attached hydrogens (tertiary/aromatic N) is 1. The molecule has 0 atom stereocenters. The molecule has 2 rings (SSSR count). The largest absolute Gasteiger partial charge is 0.331 e. The Bertz CT molecular complexity index is 831. The fourth-order valence-electron chi connectivity index (χ4n) is 1.84. The standard InChI is InChI=1S/C15H14FN5O2S2/c1-9-6-7-10(8-11(9)16)17-14(24)19-20-15(25)18-12-4-2-3-5-13(12)21(22)23/h2-8H,1H3,(H2,17,19,24)(H2,18,20,25). The summed E-state index contributed by atoms with van der Waals surface area (Å²) in [5, 5.41) is 16.7. The number of rotatable bonds is 3. The average molecular weight is 379 g/mol. The number of thiocarbonyl (C=S) groups is 2. The molecule has 25 heavy (non-hydrogen) atoms. The second-order valence-corrected chi connectivity index (χ2v) is 5.71. The molecular weight excluding hydrogens is 365 g/mol. The molecule has 0 aliphatic heterocycles. The Morgan fingerprint density at radius 2 is 1.72 bits per heavy atom. The van der Waals surface area contributed by atoms with Crippen LogP contribution in [0.25, 0.3) is 0 Å². The molecule has 0 aromatic heterocycles. The molecule has 130 valence electrons. The van der Waals surface area contributed by atoms with Gasteiger partial charge in [0.2, 0.25) is 0 Å². The summed E-state index contributed by atoms with van der Waals surface area (Å²) in [6.07, 6.45) is 0.